The Morgan fingerprint density at radius 2 is 1.84 bits per heavy atom. The monoisotopic (exact) mass is 471 g/mol. The van der Waals surface area contributed by atoms with Crippen LogP contribution in [-0.2, 0) is 13.6 Å². The molecule has 0 saturated carbocycles. The molecule has 7 nitrogen and oxygen atoms in total. The Morgan fingerprint density at radius 1 is 1.12 bits per heavy atom. The zero-order valence-corrected chi connectivity index (χ0v) is 20.3. The van der Waals surface area contributed by atoms with Gasteiger partial charge >= 0.3 is 0 Å². The number of thiazole rings is 1. The predicted octanol–water partition coefficient (Wildman–Crippen LogP) is 3.44. The molecule has 0 atom stereocenters. The van der Waals surface area contributed by atoms with E-state index in [1.807, 2.05) is 43.9 Å². The maximum atomic E-state index is 13.2. The van der Waals surface area contributed by atoms with Crippen LogP contribution in [0.3, 0.4) is 0 Å². The highest BCUT2D eigenvalue weighted by Crippen LogP contribution is 2.29. The van der Waals surface area contributed by atoms with Crippen molar-refractivity contribution in [2.24, 2.45) is 7.05 Å². The van der Waals surface area contributed by atoms with E-state index in [1.54, 1.807) is 7.05 Å². The van der Waals surface area contributed by atoms with E-state index >= 15 is 0 Å². The number of hydrogen-bond acceptors (Lipinski definition) is 6. The summed E-state index contributed by atoms with van der Waals surface area (Å²) in [5, 5.41) is 5.55. The molecule has 0 aliphatic carbocycles. The molecule has 1 amide bonds. The van der Waals surface area contributed by atoms with Gasteiger partial charge in [0.1, 0.15) is 9.88 Å². The fraction of sp³-hybridized carbons (Fsp3) is 0.391. The van der Waals surface area contributed by atoms with Crippen LogP contribution in [0.1, 0.15) is 32.2 Å². The molecule has 1 aliphatic rings. The minimum atomic E-state index is -0.199. The molecule has 2 aromatic heterocycles. The fourth-order valence-corrected chi connectivity index (χ4v) is 5.29. The van der Waals surface area contributed by atoms with Crippen molar-refractivity contribution in [3.63, 3.8) is 0 Å². The molecule has 1 fully saturated rings. The van der Waals surface area contributed by atoms with Crippen LogP contribution < -0.4 is 5.56 Å². The Hall–Kier alpha value is -2.55. The molecule has 1 aliphatic heterocycles. The molecule has 0 radical (unpaired) electrons. The lowest BCUT2D eigenvalue weighted by atomic mass is 10.1. The van der Waals surface area contributed by atoms with Crippen molar-refractivity contribution in [1.82, 2.24) is 24.6 Å². The summed E-state index contributed by atoms with van der Waals surface area (Å²) in [6.07, 6.45) is 0. The molecular weight excluding hydrogens is 446 g/mol. The number of carbonyl (C=O) groups is 1. The average Bonchev–Trinajstić information content (AvgIpc) is 3.13. The summed E-state index contributed by atoms with van der Waals surface area (Å²) in [4.78, 5) is 35.3. The third-order valence-electron chi connectivity index (χ3n) is 5.88. The third kappa shape index (κ3) is 4.48. The van der Waals surface area contributed by atoms with Crippen molar-refractivity contribution in [2.45, 2.75) is 27.3 Å². The summed E-state index contributed by atoms with van der Waals surface area (Å²) in [6, 6.07) is 7.88. The number of aryl methyl sites for hydroxylation is 3. The third-order valence-corrected chi connectivity index (χ3v) is 7.28. The largest absolute Gasteiger partial charge is 0.335 e. The van der Waals surface area contributed by atoms with E-state index in [1.165, 1.54) is 21.6 Å². The molecular formula is C23H26ClN5O2S. The number of rotatable bonds is 4. The van der Waals surface area contributed by atoms with Crippen LogP contribution in [0.5, 0.6) is 0 Å². The Labute approximate surface area is 196 Å². The summed E-state index contributed by atoms with van der Waals surface area (Å²) < 4.78 is 1.33. The second kappa shape index (κ2) is 9.13. The predicted molar refractivity (Wildman–Crippen MR) is 127 cm³/mol. The highest BCUT2D eigenvalue weighted by molar-refractivity contribution is 7.17. The second-order valence-corrected chi connectivity index (χ2v) is 9.58. The normalized spacial score (nSPS) is 14.7. The number of amides is 1. The number of halogens is 1. The van der Waals surface area contributed by atoms with E-state index in [4.69, 9.17) is 11.6 Å². The van der Waals surface area contributed by atoms with Gasteiger partial charge in [-0.15, -0.1) is 11.3 Å². The highest BCUT2D eigenvalue weighted by Gasteiger charge is 2.27. The number of hydrogen-bond donors (Lipinski definition) is 0. The topological polar surface area (TPSA) is 71.3 Å². The molecule has 9 heteroatoms. The molecule has 168 valence electrons. The maximum absolute atomic E-state index is 13.2. The van der Waals surface area contributed by atoms with Gasteiger partial charge in [0.25, 0.3) is 11.5 Å². The van der Waals surface area contributed by atoms with Crippen LogP contribution >= 0.6 is 22.9 Å². The summed E-state index contributed by atoms with van der Waals surface area (Å²) in [7, 11) is 1.63. The van der Waals surface area contributed by atoms with E-state index < -0.39 is 0 Å². The van der Waals surface area contributed by atoms with Crippen molar-refractivity contribution in [3.8, 4) is 10.6 Å². The van der Waals surface area contributed by atoms with E-state index in [2.05, 4.69) is 21.0 Å². The lowest BCUT2D eigenvalue weighted by Gasteiger charge is -2.34. The number of nitrogens with zero attached hydrogens (tertiary/aromatic N) is 5. The van der Waals surface area contributed by atoms with Crippen LogP contribution in [-0.4, -0.2) is 56.7 Å². The van der Waals surface area contributed by atoms with Crippen LogP contribution in [0.4, 0.5) is 0 Å². The SMILES string of the molecule is Cc1nc(-c2c(C)c(C)nn(C)c2=O)sc1C(=O)N1CCN(Cc2cccc(Cl)c2)CC1. The van der Waals surface area contributed by atoms with Crippen LogP contribution in [0, 0.1) is 20.8 Å². The van der Waals surface area contributed by atoms with Gasteiger partial charge in [-0.05, 0) is 44.0 Å². The Balaban J connectivity index is 1.49. The van der Waals surface area contributed by atoms with Crippen molar-refractivity contribution in [3.05, 3.63) is 67.0 Å². The van der Waals surface area contributed by atoms with Gasteiger partial charge < -0.3 is 4.90 Å². The summed E-state index contributed by atoms with van der Waals surface area (Å²) >= 11 is 7.39. The zero-order valence-electron chi connectivity index (χ0n) is 18.7. The first-order valence-corrected chi connectivity index (χ1v) is 11.7. The van der Waals surface area contributed by atoms with Gasteiger partial charge in [-0.25, -0.2) is 9.67 Å². The van der Waals surface area contributed by atoms with Crippen LogP contribution in [0.2, 0.25) is 5.02 Å². The molecule has 3 aromatic rings. The molecule has 4 rings (SSSR count). The smallest absolute Gasteiger partial charge is 0.277 e. The van der Waals surface area contributed by atoms with Gasteiger partial charge in [0.05, 0.1) is 17.0 Å². The van der Waals surface area contributed by atoms with Gasteiger partial charge in [-0.2, -0.15) is 5.10 Å². The first-order valence-electron chi connectivity index (χ1n) is 10.5. The minimum Gasteiger partial charge on any atom is -0.335 e. The van der Waals surface area contributed by atoms with Gasteiger partial charge in [-0.3, -0.25) is 14.5 Å². The molecule has 0 spiro atoms. The van der Waals surface area contributed by atoms with E-state index in [9.17, 15) is 9.59 Å². The van der Waals surface area contributed by atoms with E-state index in [0.717, 1.165) is 35.9 Å². The van der Waals surface area contributed by atoms with Gasteiger partial charge in [-0.1, -0.05) is 23.7 Å². The number of aromatic nitrogens is 3. The Bertz CT molecular complexity index is 1230. The minimum absolute atomic E-state index is 0.0195. The maximum Gasteiger partial charge on any atom is 0.277 e. The van der Waals surface area contributed by atoms with Gasteiger partial charge in [0.2, 0.25) is 0 Å². The molecule has 0 N–H and O–H groups in total. The summed E-state index contributed by atoms with van der Waals surface area (Å²) in [6.45, 7) is 9.29. The summed E-state index contributed by atoms with van der Waals surface area (Å²) in [5.74, 6) is -0.0195. The first kappa shape index (κ1) is 22.6. The summed E-state index contributed by atoms with van der Waals surface area (Å²) in [5.41, 5.74) is 3.74. The lowest BCUT2D eigenvalue weighted by Crippen LogP contribution is -2.48. The molecule has 32 heavy (non-hydrogen) atoms. The number of carbonyl (C=O) groups excluding carboxylic acids is 1. The van der Waals surface area contributed by atoms with Gasteiger partial charge in [0, 0.05) is 44.8 Å². The Morgan fingerprint density at radius 3 is 2.53 bits per heavy atom. The second-order valence-electron chi connectivity index (χ2n) is 8.15. The van der Waals surface area contributed by atoms with Crippen molar-refractivity contribution >= 4 is 28.8 Å². The van der Waals surface area contributed by atoms with Crippen molar-refractivity contribution in [2.75, 3.05) is 26.2 Å². The fourth-order valence-electron chi connectivity index (χ4n) is 3.95. The number of benzene rings is 1. The first-order chi connectivity index (χ1) is 15.2. The van der Waals surface area contributed by atoms with E-state index in [-0.39, 0.29) is 11.5 Å². The molecule has 1 aromatic carbocycles. The molecule has 1 saturated heterocycles. The van der Waals surface area contributed by atoms with Crippen molar-refractivity contribution < 1.29 is 4.79 Å². The quantitative estimate of drug-likeness (QED) is 0.583. The molecule has 3 heterocycles. The highest BCUT2D eigenvalue weighted by atomic mass is 35.5. The van der Waals surface area contributed by atoms with Crippen LogP contribution in [0.25, 0.3) is 10.6 Å². The van der Waals surface area contributed by atoms with Crippen molar-refractivity contribution in [1.29, 1.82) is 0 Å². The molecule has 0 bridgehead atoms. The Kier molecular flexibility index (Phi) is 6.46. The standard InChI is InChI=1S/C23H26ClN5O2S/c1-14-15(2)26-27(4)22(30)19(14)21-25-16(3)20(32-21)23(31)29-10-8-28(9-11-29)13-17-6-5-7-18(24)12-17/h5-7,12H,8-11,13H2,1-4H3. The van der Waals surface area contributed by atoms with Gasteiger partial charge in [0.15, 0.2) is 0 Å². The zero-order chi connectivity index (χ0) is 23.0. The lowest BCUT2D eigenvalue weighted by molar-refractivity contribution is 0.0632. The molecule has 0 unspecified atom stereocenters. The van der Waals surface area contributed by atoms with Crippen LogP contribution in [0.15, 0.2) is 29.1 Å². The van der Waals surface area contributed by atoms with E-state index in [0.29, 0.717) is 34.2 Å². The number of piperazine rings is 1. The average molecular weight is 472 g/mol.